The molecule has 12 heteroatoms. The van der Waals surface area contributed by atoms with E-state index in [2.05, 4.69) is 31.1 Å². The molecule has 0 aromatic carbocycles. The van der Waals surface area contributed by atoms with Crippen LogP contribution in [0.5, 0.6) is 0 Å². The van der Waals surface area contributed by atoms with E-state index in [9.17, 15) is 13.2 Å². The Balaban J connectivity index is 1.50. The molecule has 1 fully saturated rings. The van der Waals surface area contributed by atoms with E-state index in [4.69, 9.17) is 0 Å². The van der Waals surface area contributed by atoms with Gasteiger partial charge in [0.1, 0.15) is 4.90 Å². The van der Waals surface area contributed by atoms with Crippen molar-refractivity contribution >= 4 is 37.5 Å². The lowest BCUT2D eigenvalue weighted by Gasteiger charge is -2.33. The van der Waals surface area contributed by atoms with Gasteiger partial charge in [-0.05, 0) is 35.8 Å². The first-order chi connectivity index (χ1) is 13.8. The fourth-order valence-corrected chi connectivity index (χ4v) is 5.45. The average molecular weight is 482 g/mol. The van der Waals surface area contributed by atoms with Gasteiger partial charge >= 0.3 is 0 Å². The standard InChI is InChI=1S/C17H20BrN7O3S/c1-3-23-11-13(12(2)20-23)29(27,28)24-9-7-22(8-10-24)17(26)15-14(18)16-19-5-4-6-25(16)21-15/h4-6,11H,3,7-10H2,1-2H3. The Morgan fingerprint density at radius 3 is 2.55 bits per heavy atom. The summed E-state index contributed by atoms with van der Waals surface area (Å²) in [6.45, 7) is 5.19. The van der Waals surface area contributed by atoms with Gasteiger partial charge in [0, 0.05) is 51.3 Å². The highest BCUT2D eigenvalue weighted by molar-refractivity contribution is 9.10. The number of aromatic nitrogens is 5. The molecule has 4 rings (SSSR count). The highest BCUT2D eigenvalue weighted by Crippen LogP contribution is 2.24. The highest BCUT2D eigenvalue weighted by atomic mass is 79.9. The second-order valence-corrected chi connectivity index (χ2v) is 9.38. The molecule has 1 aliphatic heterocycles. The Bertz CT molecular complexity index is 1180. The summed E-state index contributed by atoms with van der Waals surface area (Å²) in [5.74, 6) is -0.255. The molecule has 29 heavy (non-hydrogen) atoms. The minimum absolute atomic E-state index is 0.216. The number of nitrogens with zero attached hydrogens (tertiary/aromatic N) is 7. The number of fused-ring (bicyclic) bond motifs is 1. The summed E-state index contributed by atoms with van der Waals surface area (Å²) < 4.78 is 31.1. The van der Waals surface area contributed by atoms with Gasteiger partial charge in [-0.3, -0.25) is 9.48 Å². The van der Waals surface area contributed by atoms with E-state index in [0.29, 0.717) is 22.4 Å². The zero-order chi connectivity index (χ0) is 20.8. The predicted octanol–water partition coefficient (Wildman–Crippen LogP) is 1.16. The fourth-order valence-electron chi connectivity index (χ4n) is 3.33. The van der Waals surface area contributed by atoms with E-state index < -0.39 is 10.0 Å². The molecule has 0 atom stereocenters. The van der Waals surface area contributed by atoms with E-state index in [1.54, 1.807) is 41.2 Å². The minimum Gasteiger partial charge on any atom is -0.335 e. The third kappa shape index (κ3) is 3.45. The van der Waals surface area contributed by atoms with Gasteiger partial charge in [0.25, 0.3) is 5.91 Å². The zero-order valence-electron chi connectivity index (χ0n) is 16.0. The summed E-state index contributed by atoms with van der Waals surface area (Å²) in [6, 6.07) is 1.73. The summed E-state index contributed by atoms with van der Waals surface area (Å²) in [5, 5.41) is 8.53. The molecule has 3 aromatic rings. The van der Waals surface area contributed by atoms with Crippen LogP contribution in [-0.2, 0) is 16.6 Å². The van der Waals surface area contributed by atoms with Crippen LogP contribution in [0.2, 0.25) is 0 Å². The Hall–Kier alpha value is -2.31. The van der Waals surface area contributed by atoms with E-state index >= 15 is 0 Å². The molecule has 1 saturated heterocycles. The summed E-state index contributed by atoms with van der Waals surface area (Å²) in [6.07, 6.45) is 4.90. The molecular formula is C17H20BrN7O3S. The molecule has 0 radical (unpaired) electrons. The van der Waals surface area contributed by atoms with Crippen LogP contribution in [0.4, 0.5) is 0 Å². The second-order valence-electron chi connectivity index (χ2n) is 6.68. The summed E-state index contributed by atoms with van der Waals surface area (Å²) in [7, 11) is -3.65. The molecule has 0 N–H and O–H groups in total. The summed E-state index contributed by atoms with van der Waals surface area (Å²) >= 11 is 3.40. The predicted molar refractivity (Wildman–Crippen MR) is 108 cm³/mol. The van der Waals surface area contributed by atoms with Crippen molar-refractivity contribution < 1.29 is 13.2 Å². The minimum atomic E-state index is -3.65. The van der Waals surface area contributed by atoms with Gasteiger partial charge < -0.3 is 4.90 Å². The third-order valence-corrected chi connectivity index (χ3v) is 7.64. The maximum Gasteiger partial charge on any atom is 0.275 e. The van der Waals surface area contributed by atoms with Gasteiger partial charge in [-0.15, -0.1) is 0 Å². The van der Waals surface area contributed by atoms with Crippen molar-refractivity contribution in [3.05, 3.63) is 40.5 Å². The van der Waals surface area contributed by atoms with E-state index in [0.717, 1.165) is 0 Å². The topological polar surface area (TPSA) is 106 Å². The number of halogens is 1. The molecule has 0 unspecified atom stereocenters. The normalized spacial score (nSPS) is 15.9. The average Bonchev–Trinajstić information content (AvgIpc) is 3.28. The Morgan fingerprint density at radius 2 is 1.93 bits per heavy atom. The monoisotopic (exact) mass is 481 g/mol. The first-order valence-electron chi connectivity index (χ1n) is 9.15. The molecule has 0 aliphatic carbocycles. The fraction of sp³-hybridized carbons (Fsp3) is 0.412. The Labute approximate surface area is 176 Å². The largest absolute Gasteiger partial charge is 0.335 e. The molecule has 10 nitrogen and oxygen atoms in total. The molecule has 1 amide bonds. The maximum absolute atomic E-state index is 13.0. The molecule has 0 bridgehead atoms. The number of carbonyl (C=O) groups is 1. The van der Waals surface area contributed by atoms with Crippen molar-refractivity contribution in [2.45, 2.75) is 25.3 Å². The van der Waals surface area contributed by atoms with Crippen molar-refractivity contribution in [2.75, 3.05) is 26.2 Å². The van der Waals surface area contributed by atoms with Crippen LogP contribution in [0.15, 0.2) is 34.0 Å². The Morgan fingerprint density at radius 1 is 1.21 bits per heavy atom. The van der Waals surface area contributed by atoms with Crippen molar-refractivity contribution in [3.8, 4) is 0 Å². The van der Waals surface area contributed by atoms with Gasteiger partial charge in [-0.25, -0.2) is 17.9 Å². The number of aryl methyl sites for hydroxylation is 2. The second kappa shape index (κ2) is 7.50. The van der Waals surface area contributed by atoms with Crippen LogP contribution in [0.1, 0.15) is 23.1 Å². The van der Waals surface area contributed by atoms with Crippen molar-refractivity contribution in [1.82, 2.24) is 33.6 Å². The molecule has 0 saturated carbocycles. The van der Waals surface area contributed by atoms with Crippen LogP contribution in [0, 0.1) is 6.92 Å². The van der Waals surface area contributed by atoms with Crippen LogP contribution < -0.4 is 0 Å². The van der Waals surface area contributed by atoms with Crippen molar-refractivity contribution in [1.29, 1.82) is 0 Å². The van der Waals surface area contributed by atoms with Gasteiger partial charge in [-0.1, -0.05) is 0 Å². The van der Waals surface area contributed by atoms with E-state index in [1.165, 1.54) is 8.82 Å². The van der Waals surface area contributed by atoms with Crippen LogP contribution >= 0.6 is 15.9 Å². The molecular weight excluding hydrogens is 462 g/mol. The lowest BCUT2D eigenvalue weighted by molar-refractivity contribution is 0.0690. The van der Waals surface area contributed by atoms with Gasteiger partial charge in [-0.2, -0.15) is 14.5 Å². The number of hydrogen-bond acceptors (Lipinski definition) is 6. The highest BCUT2D eigenvalue weighted by Gasteiger charge is 2.33. The van der Waals surface area contributed by atoms with Crippen LogP contribution in [0.25, 0.3) is 5.65 Å². The number of carbonyl (C=O) groups excluding carboxylic acids is 1. The number of sulfonamides is 1. The molecule has 3 aromatic heterocycles. The summed E-state index contributed by atoms with van der Waals surface area (Å²) in [4.78, 5) is 19.0. The van der Waals surface area contributed by atoms with Crippen molar-refractivity contribution in [3.63, 3.8) is 0 Å². The zero-order valence-corrected chi connectivity index (χ0v) is 18.4. The molecule has 4 heterocycles. The quantitative estimate of drug-likeness (QED) is 0.553. The molecule has 1 aliphatic rings. The van der Waals surface area contributed by atoms with Gasteiger partial charge in [0.15, 0.2) is 11.3 Å². The maximum atomic E-state index is 13.0. The lowest BCUT2D eigenvalue weighted by atomic mass is 10.3. The number of rotatable bonds is 4. The van der Waals surface area contributed by atoms with Gasteiger partial charge in [0.05, 0.1) is 10.2 Å². The molecule has 0 spiro atoms. The van der Waals surface area contributed by atoms with E-state index in [-0.39, 0.29) is 42.7 Å². The smallest absolute Gasteiger partial charge is 0.275 e. The summed E-state index contributed by atoms with van der Waals surface area (Å²) in [5.41, 5.74) is 1.30. The van der Waals surface area contributed by atoms with E-state index in [1.807, 2.05) is 6.92 Å². The van der Waals surface area contributed by atoms with Gasteiger partial charge in [0.2, 0.25) is 10.0 Å². The number of amides is 1. The SMILES string of the molecule is CCn1cc(S(=O)(=O)N2CCN(C(=O)c3nn4cccnc4c3Br)CC2)c(C)n1. The number of hydrogen-bond donors (Lipinski definition) is 0. The van der Waals surface area contributed by atoms with Crippen molar-refractivity contribution in [2.24, 2.45) is 0 Å². The number of piperazine rings is 1. The third-order valence-electron chi connectivity index (χ3n) is 4.91. The van der Waals surface area contributed by atoms with Crippen LogP contribution in [0.3, 0.4) is 0 Å². The first kappa shape index (κ1) is 20.0. The van der Waals surface area contributed by atoms with Crippen LogP contribution in [-0.4, -0.2) is 74.1 Å². The Kier molecular flexibility index (Phi) is 5.17. The molecule has 154 valence electrons. The first-order valence-corrected chi connectivity index (χ1v) is 11.4. The lowest BCUT2D eigenvalue weighted by Crippen LogP contribution is -2.50.